The SMILES string of the molecule is O=C(Nc1ccc(F)cc1)NC1CCCNCC1. The minimum absolute atomic E-state index is 0.209. The highest BCUT2D eigenvalue weighted by molar-refractivity contribution is 5.89. The third kappa shape index (κ3) is 4.00. The van der Waals surface area contributed by atoms with E-state index in [0.717, 1.165) is 32.4 Å². The van der Waals surface area contributed by atoms with Crippen LogP contribution < -0.4 is 16.0 Å². The summed E-state index contributed by atoms with van der Waals surface area (Å²) in [6.07, 6.45) is 3.00. The van der Waals surface area contributed by atoms with Gasteiger partial charge in [-0.3, -0.25) is 0 Å². The summed E-state index contributed by atoms with van der Waals surface area (Å²) in [5.41, 5.74) is 0.598. The van der Waals surface area contributed by atoms with Crippen LogP contribution in [-0.2, 0) is 0 Å². The highest BCUT2D eigenvalue weighted by Gasteiger charge is 2.14. The molecule has 0 bridgehead atoms. The molecule has 0 saturated carbocycles. The zero-order valence-corrected chi connectivity index (χ0v) is 10.2. The highest BCUT2D eigenvalue weighted by atomic mass is 19.1. The maximum atomic E-state index is 12.7. The first-order chi connectivity index (χ1) is 8.74. The highest BCUT2D eigenvalue weighted by Crippen LogP contribution is 2.09. The summed E-state index contributed by atoms with van der Waals surface area (Å²) in [4.78, 5) is 11.7. The Labute approximate surface area is 106 Å². The van der Waals surface area contributed by atoms with Gasteiger partial charge >= 0.3 is 6.03 Å². The molecule has 1 fully saturated rings. The van der Waals surface area contributed by atoms with Crippen molar-refractivity contribution in [3.63, 3.8) is 0 Å². The molecule has 18 heavy (non-hydrogen) atoms. The van der Waals surface area contributed by atoms with Gasteiger partial charge in [0.25, 0.3) is 0 Å². The predicted molar refractivity (Wildman–Crippen MR) is 69.1 cm³/mol. The third-order valence-electron chi connectivity index (χ3n) is 3.01. The van der Waals surface area contributed by atoms with Gasteiger partial charge < -0.3 is 16.0 Å². The molecule has 3 N–H and O–H groups in total. The van der Waals surface area contributed by atoms with Crippen LogP contribution in [0.15, 0.2) is 24.3 Å². The second-order valence-electron chi connectivity index (χ2n) is 4.48. The zero-order valence-electron chi connectivity index (χ0n) is 10.2. The van der Waals surface area contributed by atoms with Gasteiger partial charge in [-0.2, -0.15) is 0 Å². The monoisotopic (exact) mass is 251 g/mol. The van der Waals surface area contributed by atoms with E-state index in [1.165, 1.54) is 12.1 Å². The molecule has 1 aromatic carbocycles. The number of hydrogen-bond acceptors (Lipinski definition) is 2. The predicted octanol–water partition coefficient (Wildman–Crippen LogP) is 2.09. The van der Waals surface area contributed by atoms with E-state index >= 15 is 0 Å². The fourth-order valence-electron chi connectivity index (χ4n) is 2.05. The molecule has 1 unspecified atom stereocenters. The Morgan fingerprint density at radius 3 is 2.78 bits per heavy atom. The average Bonchev–Trinajstić information content (AvgIpc) is 2.61. The molecule has 1 aliphatic heterocycles. The number of anilines is 1. The Morgan fingerprint density at radius 2 is 2.00 bits per heavy atom. The molecular weight excluding hydrogens is 233 g/mol. The minimum atomic E-state index is -0.309. The van der Waals surface area contributed by atoms with Gasteiger partial charge in [0.2, 0.25) is 0 Å². The van der Waals surface area contributed by atoms with E-state index in [2.05, 4.69) is 16.0 Å². The molecule has 1 aromatic rings. The first kappa shape index (κ1) is 12.8. The number of carbonyl (C=O) groups excluding carboxylic acids is 1. The van der Waals surface area contributed by atoms with Crippen LogP contribution in [0.25, 0.3) is 0 Å². The van der Waals surface area contributed by atoms with Gasteiger partial charge in [-0.15, -0.1) is 0 Å². The van der Waals surface area contributed by atoms with E-state index in [-0.39, 0.29) is 17.9 Å². The molecule has 1 saturated heterocycles. The van der Waals surface area contributed by atoms with Crippen molar-refractivity contribution in [2.45, 2.75) is 25.3 Å². The lowest BCUT2D eigenvalue weighted by Crippen LogP contribution is -2.38. The van der Waals surface area contributed by atoms with Crippen molar-refractivity contribution >= 4 is 11.7 Å². The van der Waals surface area contributed by atoms with Gasteiger partial charge in [0, 0.05) is 11.7 Å². The Hall–Kier alpha value is -1.62. The molecule has 0 aromatic heterocycles. The smallest absolute Gasteiger partial charge is 0.319 e. The maximum Gasteiger partial charge on any atom is 0.319 e. The number of rotatable bonds is 2. The van der Waals surface area contributed by atoms with Crippen molar-refractivity contribution < 1.29 is 9.18 Å². The lowest BCUT2D eigenvalue weighted by Gasteiger charge is -2.16. The quantitative estimate of drug-likeness (QED) is 0.754. The molecule has 0 aliphatic carbocycles. The van der Waals surface area contributed by atoms with Crippen LogP contribution in [0.1, 0.15) is 19.3 Å². The topological polar surface area (TPSA) is 53.2 Å². The van der Waals surface area contributed by atoms with E-state index in [1.54, 1.807) is 12.1 Å². The summed E-state index contributed by atoms with van der Waals surface area (Å²) in [6, 6.07) is 5.72. The van der Waals surface area contributed by atoms with Gasteiger partial charge in [0.05, 0.1) is 0 Å². The molecule has 1 aliphatic rings. The number of hydrogen-bond donors (Lipinski definition) is 3. The summed E-state index contributed by atoms with van der Waals surface area (Å²) >= 11 is 0. The molecule has 4 nitrogen and oxygen atoms in total. The van der Waals surface area contributed by atoms with Crippen LogP contribution in [0.4, 0.5) is 14.9 Å². The first-order valence-corrected chi connectivity index (χ1v) is 6.28. The standard InChI is InChI=1S/C13H18FN3O/c14-10-3-5-12(6-4-10)17-13(18)16-11-2-1-8-15-9-7-11/h3-6,11,15H,1-2,7-9H2,(H2,16,17,18). The van der Waals surface area contributed by atoms with E-state index in [0.29, 0.717) is 5.69 Å². The fourth-order valence-corrected chi connectivity index (χ4v) is 2.05. The molecule has 5 heteroatoms. The van der Waals surface area contributed by atoms with Gasteiger partial charge in [0.1, 0.15) is 5.82 Å². The second kappa shape index (κ2) is 6.35. The van der Waals surface area contributed by atoms with Gasteiger partial charge in [-0.05, 0) is 56.6 Å². The van der Waals surface area contributed by atoms with Crippen molar-refractivity contribution in [1.29, 1.82) is 0 Å². The summed E-state index contributed by atoms with van der Waals surface area (Å²) in [6.45, 7) is 1.94. The van der Waals surface area contributed by atoms with Crippen LogP contribution in [0.2, 0.25) is 0 Å². The molecular formula is C13H18FN3O. The summed E-state index contributed by atoms with van der Waals surface area (Å²) in [5.74, 6) is -0.309. The van der Waals surface area contributed by atoms with Crippen LogP contribution in [0.5, 0.6) is 0 Å². The van der Waals surface area contributed by atoms with E-state index in [1.807, 2.05) is 0 Å². The summed E-state index contributed by atoms with van der Waals surface area (Å²) in [5, 5.41) is 8.93. The van der Waals surface area contributed by atoms with Crippen molar-refractivity contribution in [2.24, 2.45) is 0 Å². The Bertz CT molecular complexity index is 386. The molecule has 1 heterocycles. The molecule has 1 atom stereocenters. The summed E-state index contributed by atoms with van der Waals surface area (Å²) < 4.78 is 12.7. The zero-order chi connectivity index (χ0) is 12.8. The van der Waals surface area contributed by atoms with Gasteiger partial charge in [-0.1, -0.05) is 0 Å². The lowest BCUT2D eigenvalue weighted by atomic mass is 10.1. The number of amides is 2. The van der Waals surface area contributed by atoms with Gasteiger partial charge in [-0.25, -0.2) is 9.18 Å². The number of halogens is 1. The summed E-state index contributed by atoms with van der Waals surface area (Å²) in [7, 11) is 0. The fraction of sp³-hybridized carbons (Fsp3) is 0.462. The third-order valence-corrected chi connectivity index (χ3v) is 3.01. The van der Waals surface area contributed by atoms with E-state index in [9.17, 15) is 9.18 Å². The van der Waals surface area contributed by atoms with Crippen molar-refractivity contribution in [1.82, 2.24) is 10.6 Å². The van der Waals surface area contributed by atoms with Gasteiger partial charge in [0.15, 0.2) is 0 Å². The van der Waals surface area contributed by atoms with Crippen LogP contribution >= 0.6 is 0 Å². The molecule has 2 amide bonds. The Balaban J connectivity index is 1.82. The number of carbonyl (C=O) groups is 1. The Morgan fingerprint density at radius 1 is 1.22 bits per heavy atom. The first-order valence-electron chi connectivity index (χ1n) is 6.28. The number of nitrogens with one attached hydrogen (secondary N) is 3. The maximum absolute atomic E-state index is 12.7. The molecule has 98 valence electrons. The van der Waals surface area contributed by atoms with Crippen molar-refractivity contribution in [2.75, 3.05) is 18.4 Å². The van der Waals surface area contributed by atoms with Crippen LogP contribution in [-0.4, -0.2) is 25.2 Å². The largest absolute Gasteiger partial charge is 0.335 e. The average molecular weight is 251 g/mol. The number of benzene rings is 1. The Kier molecular flexibility index (Phi) is 4.52. The molecule has 0 radical (unpaired) electrons. The van der Waals surface area contributed by atoms with Crippen LogP contribution in [0, 0.1) is 5.82 Å². The number of urea groups is 1. The second-order valence-corrected chi connectivity index (χ2v) is 4.48. The van der Waals surface area contributed by atoms with Crippen molar-refractivity contribution in [3.8, 4) is 0 Å². The normalized spacial score (nSPS) is 19.9. The van der Waals surface area contributed by atoms with E-state index in [4.69, 9.17) is 0 Å². The van der Waals surface area contributed by atoms with Crippen LogP contribution in [0.3, 0.4) is 0 Å². The lowest BCUT2D eigenvalue weighted by molar-refractivity contribution is 0.247. The van der Waals surface area contributed by atoms with Crippen molar-refractivity contribution in [3.05, 3.63) is 30.1 Å². The van der Waals surface area contributed by atoms with E-state index < -0.39 is 0 Å². The minimum Gasteiger partial charge on any atom is -0.335 e. The molecule has 0 spiro atoms. The molecule has 2 rings (SSSR count).